The van der Waals surface area contributed by atoms with Crippen LogP contribution in [0.15, 0.2) is 47.6 Å². The van der Waals surface area contributed by atoms with Gasteiger partial charge in [-0.05, 0) is 36.2 Å². The quantitative estimate of drug-likeness (QED) is 0.440. The molecule has 130 valence electrons. The van der Waals surface area contributed by atoms with E-state index in [-0.39, 0.29) is 11.5 Å². The molecule has 2 aromatic rings. The molecule has 0 atom stereocenters. The molecule has 0 fully saturated rings. The zero-order valence-corrected chi connectivity index (χ0v) is 13.9. The van der Waals surface area contributed by atoms with Gasteiger partial charge >= 0.3 is 11.8 Å². The van der Waals surface area contributed by atoms with E-state index >= 15 is 0 Å². The number of benzene rings is 2. The van der Waals surface area contributed by atoms with Gasteiger partial charge in [0.1, 0.15) is 0 Å². The molecule has 0 radical (unpaired) electrons. The number of carbonyl (C=O) groups excluding carboxylic acids is 2. The van der Waals surface area contributed by atoms with Crippen molar-refractivity contribution in [1.29, 1.82) is 0 Å². The lowest BCUT2D eigenvalue weighted by molar-refractivity contribution is -0.136. The highest BCUT2D eigenvalue weighted by Crippen LogP contribution is 2.27. The number of carbonyl (C=O) groups is 2. The summed E-state index contributed by atoms with van der Waals surface area (Å²) in [6, 6.07) is 12.0. The van der Waals surface area contributed by atoms with Gasteiger partial charge in [0, 0.05) is 11.3 Å². The summed E-state index contributed by atoms with van der Waals surface area (Å²) in [5.41, 5.74) is 4.10. The van der Waals surface area contributed by atoms with E-state index in [1.165, 1.54) is 13.3 Å². The molecule has 0 aromatic heterocycles. The summed E-state index contributed by atoms with van der Waals surface area (Å²) in [7, 11) is 1.43. The first-order chi connectivity index (χ1) is 12.0. The minimum Gasteiger partial charge on any atom is -0.504 e. The molecule has 7 heteroatoms. The minimum absolute atomic E-state index is 0.108. The number of methoxy groups -OCH3 is 1. The number of hydrazone groups is 1. The van der Waals surface area contributed by atoms with Crippen molar-refractivity contribution in [3.05, 3.63) is 53.6 Å². The van der Waals surface area contributed by atoms with Gasteiger partial charge in [-0.2, -0.15) is 5.10 Å². The summed E-state index contributed by atoms with van der Waals surface area (Å²) in [6.45, 7) is 2.03. The Morgan fingerprint density at radius 2 is 1.88 bits per heavy atom. The number of aryl methyl sites for hydroxylation is 1. The molecule has 2 aromatic carbocycles. The van der Waals surface area contributed by atoms with Crippen LogP contribution >= 0.6 is 0 Å². The van der Waals surface area contributed by atoms with Crippen LogP contribution in [0, 0.1) is 0 Å². The first-order valence-corrected chi connectivity index (χ1v) is 7.64. The van der Waals surface area contributed by atoms with Crippen molar-refractivity contribution in [3.8, 4) is 11.5 Å². The molecule has 25 heavy (non-hydrogen) atoms. The van der Waals surface area contributed by atoms with Crippen LogP contribution in [0.1, 0.15) is 18.1 Å². The van der Waals surface area contributed by atoms with E-state index in [0.29, 0.717) is 11.3 Å². The van der Waals surface area contributed by atoms with Crippen molar-refractivity contribution in [2.75, 3.05) is 12.4 Å². The van der Waals surface area contributed by atoms with Gasteiger partial charge in [0.25, 0.3) is 0 Å². The number of ether oxygens (including phenoxy) is 1. The van der Waals surface area contributed by atoms with Crippen LogP contribution in [0.5, 0.6) is 11.5 Å². The topological polar surface area (TPSA) is 100 Å². The van der Waals surface area contributed by atoms with Crippen LogP contribution in [-0.4, -0.2) is 30.2 Å². The molecule has 0 spiro atoms. The Bertz CT molecular complexity index is 785. The Morgan fingerprint density at radius 3 is 2.52 bits per heavy atom. The van der Waals surface area contributed by atoms with Crippen LogP contribution in [0.3, 0.4) is 0 Å². The van der Waals surface area contributed by atoms with Crippen LogP contribution in [0.4, 0.5) is 5.69 Å². The smallest absolute Gasteiger partial charge is 0.329 e. The predicted molar refractivity (Wildman–Crippen MR) is 94.8 cm³/mol. The number of hydrogen-bond acceptors (Lipinski definition) is 5. The summed E-state index contributed by atoms with van der Waals surface area (Å²) in [5.74, 6) is -1.58. The Kier molecular flexibility index (Phi) is 6.11. The summed E-state index contributed by atoms with van der Waals surface area (Å²) < 4.78 is 4.97. The van der Waals surface area contributed by atoms with Crippen LogP contribution in [0.25, 0.3) is 0 Å². The Morgan fingerprint density at radius 1 is 1.16 bits per heavy atom. The molecular formula is C18H19N3O4. The van der Waals surface area contributed by atoms with Crippen LogP contribution < -0.4 is 15.5 Å². The predicted octanol–water partition coefficient (Wildman–Crippen LogP) is 2.05. The SMILES string of the molecule is CCc1ccc(NC(=O)C(=O)N/N=C\c2cccc(OC)c2O)cc1. The maximum atomic E-state index is 11.8. The maximum absolute atomic E-state index is 11.8. The summed E-state index contributed by atoms with van der Waals surface area (Å²) in [5, 5.41) is 16.0. The normalized spacial score (nSPS) is 10.5. The number of aromatic hydroxyl groups is 1. The fraction of sp³-hybridized carbons (Fsp3) is 0.167. The zero-order valence-electron chi connectivity index (χ0n) is 13.9. The summed E-state index contributed by atoms with van der Waals surface area (Å²) in [6.07, 6.45) is 2.11. The second-order valence-corrected chi connectivity index (χ2v) is 5.10. The largest absolute Gasteiger partial charge is 0.504 e. The van der Waals surface area contributed by atoms with Gasteiger partial charge in [0.15, 0.2) is 11.5 Å². The lowest BCUT2D eigenvalue weighted by atomic mass is 10.1. The molecule has 2 amide bonds. The molecule has 0 aliphatic carbocycles. The van der Waals surface area contributed by atoms with E-state index in [1.54, 1.807) is 30.3 Å². The Balaban J connectivity index is 1.93. The number of anilines is 1. The lowest BCUT2D eigenvalue weighted by Crippen LogP contribution is -2.32. The van der Waals surface area contributed by atoms with Gasteiger partial charge in [-0.1, -0.05) is 25.1 Å². The molecule has 2 rings (SSSR count). The minimum atomic E-state index is -0.918. The summed E-state index contributed by atoms with van der Waals surface area (Å²) in [4.78, 5) is 23.6. The van der Waals surface area contributed by atoms with Crippen molar-refractivity contribution in [3.63, 3.8) is 0 Å². The third-order valence-electron chi connectivity index (χ3n) is 3.45. The molecule has 0 heterocycles. The van der Waals surface area contributed by atoms with E-state index in [9.17, 15) is 14.7 Å². The average Bonchev–Trinajstić information content (AvgIpc) is 2.63. The Labute approximate surface area is 145 Å². The highest BCUT2D eigenvalue weighted by Gasteiger charge is 2.13. The van der Waals surface area contributed by atoms with Gasteiger partial charge < -0.3 is 15.2 Å². The molecule has 0 saturated heterocycles. The van der Waals surface area contributed by atoms with Gasteiger partial charge in [-0.25, -0.2) is 5.43 Å². The van der Waals surface area contributed by atoms with Crippen molar-refractivity contribution < 1.29 is 19.4 Å². The highest BCUT2D eigenvalue weighted by molar-refractivity contribution is 6.39. The van der Waals surface area contributed by atoms with Gasteiger partial charge in [0.2, 0.25) is 0 Å². The second kappa shape index (κ2) is 8.49. The van der Waals surface area contributed by atoms with E-state index in [2.05, 4.69) is 15.8 Å². The first-order valence-electron chi connectivity index (χ1n) is 7.64. The van der Waals surface area contributed by atoms with E-state index < -0.39 is 11.8 Å². The molecule has 0 unspecified atom stereocenters. The zero-order chi connectivity index (χ0) is 18.2. The highest BCUT2D eigenvalue weighted by atomic mass is 16.5. The fourth-order valence-corrected chi connectivity index (χ4v) is 2.03. The molecule has 0 aliphatic heterocycles. The van der Waals surface area contributed by atoms with E-state index in [1.807, 2.05) is 19.1 Å². The van der Waals surface area contributed by atoms with Gasteiger partial charge in [-0.3, -0.25) is 9.59 Å². The first kappa shape index (κ1) is 18.0. The number of phenols is 1. The third kappa shape index (κ3) is 4.81. The van der Waals surface area contributed by atoms with E-state index in [0.717, 1.165) is 12.0 Å². The number of nitrogens with zero attached hydrogens (tertiary/aromatic N) is 1. The standard InChI is InChI=1S/C18H19N3O4/c1-3-12-7-9-14(10-8-12)20-17(23)18(24)21-19-11-13-5-4-6-15(25-2)16(13)22/h4-11,22H,3H2,1-2H3,(H,20,23)(H,21,24)/b19-11-. The number of nitrogens with one attached hydrogen (secondary N) is 2. The summed E-state index contributed by atoms with van der Waals surface area (Å²) >= 11 is 0. The lowest BCUT2D eigenvalue weighted by Gasteiger charge is -2.06. The van der Waals surface area contributed by atoms with Crippen molar-refractivity contribution in [1.82, 2.24) is 5.43 Å². The average molecular weight is 341 g/mol. The van der Waals surface area contributed by atoms with E-state index in [4.69, 9.17) is 4.74 Å². The van der Waals surface area contributed by atoms with Gasteiger partial charge in [0.05, 0.1) is 13.3 Å². The number of amides is 2. The molecule has 7 nitrogen and oxygen atoms in total. The molecule has 0 bridgehead atoms. The number of hydrogen-bond donors (Lipinski definition) is 3. The second-order valence-electron chi connectivity index (χ2n) is 5.10. The van der Waals surface area contributed by atoms with Gasteiger partial charge in [-0.15, -0.1) is 0 Å². The van der Waals surface area contributed by atoms with Crippen molar-refractivity contribution in [2.45, 2.75) is 13.3 Å². The molecule has 0 aliphatic rings. The van der Waals surface area contributed by atoms with Crippen molar-refractivity contribution >= 4 is 23.7 Å². The number of rotatable bonds is 5. The Hall–Kier alpha value is -3.35. The monoisotopic (exact) mass is 341 g/mol. The van der Waals surface area contributed by atoms with Crippen LogP contribution in [-0.2, 0) is 16.0 Å². The number of para-hydroxylation sites is 1. The third-order valence-corrected chi connectivity index (χ3v) is 3.45. The number of phenolic OH excluding ortho intramolecular Hbond substituents is 1. The fourth-order valence-electron chi connectivity index (χ4n) is 2.03. The molecule has 3 N–H and O–H groups in total. The maximum Gasteiger partial charge on any atom is 0.329 e. The molecular weight excluding hydrogens is 322 g/mol. The van der Waals surface area contributed by atoms with Crippen LogP contribution in [0.2, 0.25) is 0 Å². The van der Waals surface area contributed by atoms with Crippen molar-refractivity contribution in [2.24, 2.45) is 5.10 Å². The molecule has 0 saturated carbocycles.